The first-order chi connectivity index (χ1) is 13.0. The number of rotatable bonds is 7. The molecule has 3 rings (SSSR count). The molecule has 0 aliphatic rings. The molecule has 1 aromatic heterocycles. The average Bonchev–Trinajstić information content (AvgIpc) is 3.08. The summed E-state index contributed by atoms with van der Waals surface area (Å²) < 4.78 is 28.4. The number of carbonyl (C=O) groups is 1. The molecule has 0 saturated heterocycles. The Morgan fingerprint density at radius 1 is 1.07 bits per heavy atom. The van der Waals surface area contributed by atoms with Gasteiger partial charge in [-0.25, -0.2) is 13.8 Å². The summed E-state index contributed by atoms with van der Waals surface area (Å²) in [5.41, 5.74) is 0.632. The van der Waals surface area contributed by atoms with Gasteiger partial charge >= 0.3 is 0 Å². The Morgan fingerprint density at radius 3 is 2.48 bits per heavy atom. The van der Waals surface area contributed by atoms with Crippen LogP contribution in [0.3, 0.4) is 0 Å². The number of anilines is 1. The number of likely N-dealkylation sites (N-methyl/N-ethyl adjacent to an activating group) is 1. The lowest BCUT2D eigenvalue weighted by molar-refractivity contribution is 0.0980. The number of fused-ring (bicyclic) bond motifs is 1. The molecule has 0 spiro atoms. The molecule has 0 bridgehead atoms. The summed E-state index contributed by atoms with van der Waals surface area (Å²) in [6.45, 7) is 6.81. The van der Waals surface area contributed by atoms with Gasteiger partial charge in [-0.05, 0) is 37.4 Å². The van der Waals surface area contributed by atoms with Crippen LogP contribution < -0.4 is 4.90 Å². The van der Waals surface area contributed by atoms with Crippen LogP contribution in [-0.2, 0) is 0 Å². The van der Waals surface area contributed by atoms with E-state index in [0.29, 0.717) is 18.2 Å². The van der Waals surface area contributed by atoms with Crippen molar-refractivity contribution in [2.45, 2.75) is 13.8 Å². The molecule has 0 radical (unpaired) electrons. The molecule has 0 atom stereocenters. The first kappa shape index (κ1) is 19.4. The van der Waals surface area contributed by atoms with Crippen molar-refractivity contribution < 1.29 is 13.6 Å². The number of para-hydroxylation sites is 1. The van der Waals surface area contributed by atoms with E-state index in [1.54, 1.807) is 0 Å². The average molecular weight is 389 g/mol. The third-order valence-corrected chi connectivity index (χ3v) is 5.51. The number of hydrogen-bond donors (Lipinski definition) is 0. The fourth-order valence-electron chi connectivity index (χ4n) is 2.85. The predicted molar refractivity (Wildman–Crippen MR) is 105 cm³/mol. The van der Waals surface area contributed by atoms with Crippen molar-refractivity contribution in [1.82, 2.24) is 9.88 Å². The molecule has 0 aliphatic carbocycles. The second kappa shape index (κ2) is 8.54. The van der Waals surface area contributed by atoms with Crippen molar-refractivity contribution >= 4 is 32.6 Å². The minimum atomic E-state index is -0.867. The molecule has 1 heterocycles. The Morgan fingerprint density at radius 2 is 1.81 bits per heavy atom. The lowest BCUT2D eigenvalue weighted by atomic mass is 10.2. The minimum absolute atomic E-state index is 0.157. The second-order valence-corrected chi connectivity index (χ2v) is 7.08. The van der Waals surface area contributed by atoms with Gasteiger partial charge < -0.3 is 4.90 Å². The highest BCUT2D eigenvalue weighted by Gasteiger charge is 2.24. The molecule has 2 aromatic carbocycles. The van der Waals surface area contributed by atoms with E-state index in [0.717, 1.165) is 35.4 Å². The van der Waals surface area contributed by atoms with Crippen LogP contribution in [0, 0.1) is 11.6 Å². The molecule has 0 fully saturated rings. The monoisotopic (exact) mass is 389 g/mol. The summed E-state index contributed by atoms with van der Waals surface area (Å²) in [4.78, 5) is 21.3. The van der Waals surface area contributed by atoms with Gasteiger partial charge in [-0.1, -0.05) is 37.3 Å². The summed E-state index contributed by atoms with van der Waals surface area (Å²) in [6.07, 6.45) is 0. The van der Waals surface area contributed by atoms with Crippen LogP contribution in [0.25, 0.3) is 10.2 Å². The van der Waals surface area contributed by atoms with Gasteiger partial charge in [-0.2, -0.15) is 0 Å². The summed E-state index contributed by atoms with van der Waals surface area (Å²) in [5, 5.41) is 0.511. The van der Waals surface area contributed by atoms with Gasteiger partial charge in [-0.15, -0.1) is 0 Å². The van der Waals surface area contributed by atoms with E-state index < -0.39 is 17.5 Å². The standard InChI is InChI=1S/C20H21F2N3OS/c1-3-24(4-2)11-12-25(19(26)15-10-9-14(21)13-16(15)22)20-23-17-7-5-6-8-18(17)27-20/h5-10,13H,3-4,11-12H2,1-2H3. The molecule has 7 heteroatoms. The highest BCUT2D eigenvalue weighted by atomic mass is 32.1. The molecule has 3 aromatic rings. The van der Waals surface area contributed by atoms with Crippen LogP contribution in [-0.4, -0.2) is 42.0 Å². The molecular weight excluding hydrogens is 368 g/mol. The largest absolute Gasteiger partial charge is 0.302 e. The number of halogens is 2. The number of nitrogens with zero attached hydrogens (tertiary/aromatic N) is 3. The molecule has 1 amide bonds. The smallest absolute Gasteiger partial charge is 0.263 e. The maximum Gasteiger partial charge on any atom is 0.263 e. The summed E-state index contributed by atoms with van der Waals surface area (Å²) >= 11 is 1.38. The van der Waals surface area contributed by atoms with Crippen LogP contribution in [0.15, 0.2) is 42.5 Å². The summed E-state index contributed by atoms with van der Waals surface area (Å²) in [7, 11) is 0. The van der Waals surface area contributed by atoms with Crippen LogP contribution in [0.4, 0.5) is 13.9 Å². The number of aromatic nitrogens is 1. The lowest BCUT2D eigenvalue weighted by Gasteiger charge is -2.24. The maximum atomic E-state index is 14.2. The van der Waals surface area contributed by atoms with Crippen molar-refractivity contribution in [2.75, 3.05) is 31.1 Å². The van der Waals surface area contributed by atoms with E-state index in [9.17, 15) is 13.6 Å². The SMILES string of the molecule is CCN(CC)CCN(C(=O)c1ccc(F)cc1F)c1nc2ccccc2s1. The molecular formula is C20H21F2N3OS. The Labute approximate surface area is 161 Å². The third kappa shape index (κ3) is 4.31. The topological polar surface area (TPSA) is 36.4 Å². The quantitative estimate of drug-likeness (QED) is 0.594. The van der Waals surface area contributed by atoms with Gasteiger partial charge in [-0.3, -0.25) is 9.69 Å². The first-order valence-electron chi connectivity index (χ1n) is 8.88. The van der Waals surface area contributed by atoms with Crippen molar-refractivity contribution in [2.24, 2.45) is 0 Å². The zero-order valence-corrected chi connectivity index (χ0v) is 16.1. The number of amides is 1. The van der Waals surface area contributed by atoms with E-state index in [-0.39, 0.29) is 5.56 Å². The molecule has 0 aliphatic heterocycles. The Balaban J connectivity index is 1.96. The first-order valence-corrected chi connectivity index (χ1v) is 9.70. The van der Waals surface area contributed by atoms with Gasteiger partial charge in [0.1, 0.15) is 11.6 Å². The van der Waals surface area contributed by atoms with Crippen LogP contribution in [0.2, 0.25) is 0 Å². The molecule has 4 nitrogen and oxygen atoms in total. The maximum absolute atomic E-state index is 14.2. The zero-order valence-electron chi connectivity index (χ0n) is 15.3. The highest BCUT2D eigenvalue weighted by Crippen LogP contribution is 2.30. The van der Waals surface area contributed by atoms with Crippen molar-refractivity contribution in [3.8, 4) is 0 Å². The normalized spacial score (nSPS) is 11.3. The molecule has 0 N–H and O–H groups in total. The van der Waals surface area contributed by atoms with Gasteiger partial charge in [0, 0.05) is 19.2 Å². The minimum Gasteiger partial charge on any atom is -0.302 e. The van der Waals surface area contributed by atoms with E-state index in [1.165, 1.54) is 22.3 Å². The number of hydrogen-bond acceptors (Lipinski definition) is 4. The van der Waals surface area contributed by atoms with Crippen molar-refractivity contribution in [1.29, 1.82) is 0 Å². The van der Waals surface area contributed by atoms with Crippen LogP contribution in [0.1, 0.15) is 24.2 Å². The van der Waals surface area contributed by atoms with E-state index in [1.807, 2.05) is 38.1 Å². The fraction of sp³-hybridized carbons (Fsp3) is 0.300. The molecule has 142 valence electrons. The second-order valence-electron chi connectivity index (χ2n) is 6.07. The molecule has 0 unspecified atom stereocenters. The molecule has 0 saturated carbocycles. The third-order valence-electron chi connectivity index (χ3n) is 4.45. The van der Waals surface area contributed by atoms with Crippen LogP contribution >= 0.6 is 11.3 Å². The highest BCUT2D eigenvalue weighted by molar-refractivity contribution is 7.22. The molecule has 27 heavy (non-hydrogen) atoms. The Hall–Kier alpha value is -2.38. The van der Waals surface area contributed by atoms with E-state index in [2.05, 4.69) is 9.88 Å². The van der Waals surface area contributed by atoms with Crippen LogP contribution in [0.5, 0.6) is 0 Å². The van der Waals surface area contributed by atoms with E-state index in [4.69, 9.17) is 0 Å². The van der Waals surface area contributed by atoms with Gasteiger partial charge in [0.15, 0.2) is 5.13 Å². The van der Waals surface area contributed by atoms with Gasteiger partial charge in [0.05, 0.1) is 15.8 Å². The van der Waals surface area contributed by atoms with Gasteiger partial charge in [0.25, 0.3) is 5.91 Å². The zero-order chi connectivity index (χ0) is 19.4. The van der Waals surface area contributed by atoms with Crippen molar-refractivity contribution in [3.05, 3.63) is 59.7 Å². The number of thiazole rings is 1. The predicted octanol–water partition coefficient (Wildman–Crippen LogP) is 4.56. The number of benzene rings is 2. The van der Waals surface area contributed by atoms with Crippen molar-refractivity contribution in [3.63, 3.8) is 0 Å². The lowest BCUT2D eigenvalue weighted by Crippen LogP contribution is -2.39. The summed E-state index contributed by atoms with van der Waals surface area (Å²) in [6, 6.07) is 10.6. The Kier molecular flexibility index (Phi) is 6.13. The number of carbonyl (C=O) groups excluding carboxylic acids is 1. The van der Waals surface area contributed by atoms with E-state index >= 15 is 0 Å². The van der Waals surface area contributed by atoms with Gasteiger partial charge in [0.2, 0.25) is 0 Å². The fourth-order valence-corrected chi connectivity index (χ4v) is 3.84. The Bertz CT molecular complexity index is 907. The summed E-state index contributed by atoms with van der Waals surface area (Å²) in [5.74, 6) is -2.09.